The summed E-state index contributed by atoms with van der Waals surface area (Å²) < 4.78 is 5.71. The fraction of sp³-hybridized carbons (Fsp3) is 0.400. The van der Waals surface area contributed by atoms with Crippen molar-refractivity contribution in [2.45, 2.75) is 38.5 Å². The third-order valence-corrected chi connectivity index (χ3v) is 3.69. The van der Waals surface area contributed by atoms with Gasteiger partial charge in [0, 0.05) is 13.2 Å². The van der Waals surface area contributed by atoms with Crippen LogP contribution in [0.25, 0.3) is 0 Å². The van der Waals surface area contributed by atoms with Crippen LogP contribution >= 0.6 is 0 Å². The van der Waals surface area contributed by atoms with Crippen LogP contribution in [0.2, 0.25) is 0 Å². The maximum absolute atomic E-state index is 5.71. The van der Waals surface area contributed by atoms with Crippen molar-refractivity contribution in [2.75, 3.05) is 13.2 Å². The molecule has 2 rings (SSSR count). The van der Waals surface area contributed by atoms with Crippen LogP contribution in [0.3, 0.4) is 0 Å². The molecule has 0 atom stereocenters. The lowest BCUT2D eigenvalue weighted by molar-refractivity contribution is 0.127. The van der Waals surface area contributed by atoms with E-state index < -0.39 is 0 Å². The van der Waals surface area contributed by atoms with E-state index in [-0.39, 0.29) is 0 Å². The van der Waals surface area contributed by atoms with Gasteiger partial charge in [-0.05, 0) is 49.7 Å². The SMILES string of the molecule is c1ccc(CCCCOCCCCc2ccccc2)cc1. The minimum absolute atomic E-state index is 0.901. The first-order valence-electron chi connectivity index (χ1n) is 8.11. The number of hydrogen-bond donors (Lipinski definition) is 0. The summed E-state index contributed by atoms with van der Waals surface area (Å²) in [6.07, 6.45) is 7.08. The Kier molecular flexibility index (Phi) is 7.65. The summed E-state index contributed by atoms with van der Waals surface area (Å²) in [6, 6.07) is 21.4. The zero-order valence-corrected chi connectivity index (χ0v) is 12.8. The molecule has 0 saturated heterocycles. The van der Waals surface area contributed by atoms with E-state index in [2.05, 4.69) is 60.7 Å². The Balaban J connectivity index is 1.40. The van der Waals surface area contributed by atoms with Crippen molar-refractivity contribution in [2.24, 2.45) is 0 Å². The standard InChI is InChI=1S/C20H26O/c1-3-11-19(12-4-1)15-7-9-17-21-18-10-8-16-20-13-5-2-6-14-20/h1-6,11-14H,7-10,15-18H2. The van der Waals surface area contributed by atoms with Gasteiger partial charge < -0.3 is 4.74 Å². The maximum Gasteiger partial charge on any atom is 0.0466 e. The van der Waals surface area contributed by atoms with Gasteiger partial charge in [0.05, 0.1) is 0 Å². The summed E-state index contributed by atoms with van der Waals surface area (Å²) in [5, 5.41) is 0. The third kappa shape index (κ3) is 7.10. The summed E-state index contributed by atoms with van der Waals surface area (Å²) in [4.78, 5) is 0. The Hall–Kier alpha value is -1.60. The second kappa shape index (κ2) is 10.2. The van der Waals surface area contributed by atoms with Gasteiger partial charge in [0.15, 0.2) is 0 Å². The molecular formula is C20H26O. The summed E-state index contributed by atoms with van der Waals surface area (Å²) >= 11 is 0. The second-order valence-electron chi connectivity index (χ2n) is 5.50. The molecule has 2 aromatic carbocycles. The average molecular weight is 282 g/mol. The molecule has 0 saturated carbocycles. The highest BCUT2D eigenvalue weighted by Crippen LogP contribution is 2.06. The van der Waals surface area contributed by atoms with Gasteiger partial charge in [0.2, 0.25) is 0 Å². The van der Waals surface area contributed by atoms with Crippen molar-refractivity contribution < 1.29 is 4.74 Å². The van der Waals surface area contributed by atoms with Crippen LogP contribution < -0.4 is 0 Å². The molecule has 0 spiro atoms. The van der Waals surface area contributed by atoms with Crippen molar-refractivity contribution in [1.82, 2.24) is 0 Å². The highest BCUT2D eigenvalue weighted by Gasteiger charge is 1.95. The van der Waals surface area contributed by atoms with E-state index in [9.17, 15) is 0 Å². The van der Waals surface area contributed by atoms with E-state index in [0.717, 1.165) is 38.9 Å². The smallest absolute Gasteiger partial charge is 0.0466 e. The molecule has 0 fully saturated rings. The average Bonchev–Trinajstić information content (AvgIpc) is 2.55. The Morgan fingerprint density at radius 3 is 1.38 bits per heavy atom. The van der Waals surface area contributed by atoms with Gasteiger partial charge in [-0.1, -0.05) is 60.7 Å². The van der Waals surface area contributed by atoms with Crippen LogP contribution in [0, 0.1) is 0 Å². The Bertz CT molecular complexity index is 418. The fourth-order valence-electron chi connectivity index (χ4n) is 2.46. The molecule has 2 aromatic rings. The Labute approximate surface area is 129 Å². The van der Waals surface area contributed by atoms with Crippen LogP contribution in [-0.4, -0.2) is 13.2 Å². The molecule has 0 N–H and O–H groups in total. The normalized spacial score (nSPS) is 10.7. The summed E-state index contributed by atoms with van der Waals surface area (Å²) in [6.45, 7) is 1.80. The third-order valence-electron chi connectivity index (χ3n) is 3.69. The summed E-state index contributed by atoms with van der Waals surface area (Å²) in [5.74, 6) is 0. The van der Waals surface area contributed by atoms with Gasteiger partial charge in [-0.25, -0.2) is 0 Å². The van der Waals surface area contributed by atoms with Crippen molar-refractivity contribution >= 4 is 0 Å². The molecule has 0 bridgehead atoms. The molecule has 0 amide bonds. The molecule has 0 radical (unpaired) electrons. The van der Waals surface area contributed by atoms with Crippen LogP contribution in [0.15, 0.2) is 60.7 Å². The quantitative estimate of drug-likeness (QED) is 0.554. The molecule has 1 heteroatoms. The zero-order chi connectivity index (χ0) is 14.6. The maximum atomic E-state index is 5.71. The van der Waals surface area contributed by atoms with Gasteiger partial charge in [-0.2, -0.15) is 0 Å². The molecule has 0 aromatic heterocycles. The highest BCUT2D eigenvalue weighted by atomic mass is 16.5. The van der Waals surface area contributed by atoms with Gasteiger partial charge in [0.25, 0.3) is 0 Å². The molecule has 0 heterocycles. The number of aryl methyl sites for hydroxylation is 2. The molecule has 0 aliphatic carbocycles. The van der Waals surface area contributed by atoms with Gasteiger partial charge in [0.1, 0.15) is 0 Å². The predicted molar refractivity (Wildman–Crippen MR) is 89.6 cm³/mol. The summed E-state index contributed by atoms with van der Waals surface area (Å²) in [7, 11) is 0. The first-order chi connectivity index (χ1) is 10.4. The van der Waals surface area contributed by atoms with Crippen molar-refractivity contribution in [3.05, 3.63) is 71.8 Å². The zero-order valence-electron chi connectivity index (χ0n) is 12.8. The highest BCUT2D eigenvalue weighted by molar-refractivity contribution is 5.15. The largest absolute Gasteiger partial charge is 0.381 e. The summed E-state index contributed by atoms with van der Waals surface area (Å²) in [5.41, 5.74) is 2.86. The van der Waals surface area contributed by atoms with E-state index in [4.69, 9.17) is 4.74 Å². The molecular weight excluding hydrogens is 256 g/mol. The van der Waals surface area contributed by atoms with Crippen molar-refractivity contribution in [3.8, 4) is 0 Å². The first-order valence-corrected chi connectivity index (χ1v) is 8.11. The van der Waals surface area contributed by atoms with E-state index >= 15 is 0 Å². The van der Waals surface area contributed by atoms with Crippen LogP contribution in [0.4, 0.5) is 0 Å². The molecule has 112 valence electrons. The molecule has 1 nitrogen and oxygen atoms in total. The second-order valence-corrected chi connectivity index (χ2v) is 5.50. The molecule has 0 aliphatic rings. The topological polar surface area (TPSA) is 9.23 Å². The van der Waals surface area contributed by atoms with E-state index in [1.54, 1.807) is 0 Å². The van der Waals surface area contributed by atoms with E-state index in [0.29, 0.717) is 0 Å². The first kappa shape index (κ1) is 15.8. The minimum atomic E-state index is 0.901. The lowest BCUT2D eigenvalue weighted by Gasteiger charge is -2.05. The Morgan fingerprint density at radius 1 is 0.524 bits per heavy atom. The number of unbranched alkanes of at least 4 members (excludes halogenated alkanes) is 2. The van der Waals surface area contributed by atoms with Crippen molar-refractivity contribution in [1.29, 1.82) is 0 Å². The molecule has 21 heavy (non-hydrogen) atoms. The van der Waals surface area contributed by atoms with E-state index in [1.807, 2.05) is 0 Å². The van der Waals surface area contributed by atoms with Crippen LogP contribution in [0.5, 0.6) is 0 Å². The number of hydrogen-bond acceptors (Lipinski definition) is 1. The number of rotatable bonds is 10. The van der Waals surface area contributed by atoms with Gasteiger partial charge >= 0.3 is 0 Å². The number of benzene rings is 2. The van der Waals surface area contributed by atoms with Gasteiger partial charge in [-0.15, -0.1) is 0 Å². The van der Waals surface area contributed by atoms with Crippen LogP contribution in [-0.2, 0) is 17.6 Å². The Morgan fingerprint density at radius 2 is 0.952 bits per heavy atom. The molecule has 0 aliphatic heterocycles. The lowest BCUT2D eigenvalue weighted by atomic mass is 10.1. The predicted octanol–water partition coefficient (Wildman–Crippen LogP) is 5.05. The minimum Gasteiger partial charge on any atom is -0.381 e. The lowest BCUT2D eigenvalue weighted by Crippen LogP contribution is -1.98. The van der Waals surface area contributed by atoms with Gasteiger partial charge in [-0.3, -0.25) is 0 Å². The molecule has 0 unspecified atom stereocenters. The van der Waals surface area contributed by atoms with Crippen molar-refractivity contribution in [3.63, 3.8) is 0 Å². The fourth-order valence-corrected chi connectivity index (χ4v) is 2.46. The van der Waals surface area contributed by atoms with Crippen LogP contribution in [0.1, 0.15) is 36.8 Å². The number of ether oxygens (including phenoxy) is 1. The van der Waals surface area contributed by atoms with E-state index in [1.165, 1.54) is 24.0 Å². The monoisotopic (exact) mass is 282 g/mol.